The lowest BCUT2D eigenvalue weighted by Gasteiger charge is -1.98. The molecule has 0 unspecified atom stereocenters. The number of pyridine rings is 1. The van der Waals surface area contributed by atoms with Crippen LogP contribution in [-0.2, 0) is 6.42 Å². The van der Waals surface area contributed by atoms with Crippen molar-refractivity contribution in [1.82, 2.24) is 9.38 Å². The van der Waals surface area contributed by atoms with Gasteiger partial charge in [-0.1, -0.05) is 13.0 Å². The second-order valence-corrected chi connectivity index (χ2v) is 4.40. The maximum absolute atomic E-state index is 6.13. The number of nitrogens with zero attached hydrogens (tertiary/aromatic N) is 2. The Balaban J connectivity index is 2.20. The molecule has 3 heterocycles. The first kappa shape index (κ1) is 10.9. The lowest BCUT2D eigenvalue weighted by molar-refractivity contribution is 0.528. The lowest BCUT2D eigenvalue weighted by Crippen LogP contribution is -1.94. The summed E-state index contributed by atoms with van der Waals surface area (Å²) >= 11 is 0. The number of fused-ring (bicyclic) bond motifs is 1. The zero-order chi connectivity index (χ0) is 12.7. The molecule has 0 spiro atoms. The second-order valence-electron chi connectivity index (χ2n) is 4.40. The molecule has 0 atom stereocenters. The summed E-state index contributed by atoms with van der Waals surface area (Å²) in [5, 5.41) is 0. The van der Waals surface area contributed by atoms with Crippen LogP contribution in [0, 0.1) is 6.92 Å². The van der Waals surface area contributed by atoms with E-state index in [0.29, 0.717) is 11.5 Å². The van der Waals surface area contributed by atoms with Gasteiger partial charge in [0.05, 0.1) is 0 Å². The number of aryl methyl sites for hydroxylation is 2. The van der Waals surface area contributed by atoms with Gasteiger partial charge in [0.1, 0.15) is 22.9 Å². The minimum Gasteiger partial charge on any atom is -0.459 e. The van der Waals surface area contributed by atoms with Gasteiger partial charge in [0, 0.05) is 12.6 Å². The molecule has 0 fully saturated rings. The maximum Gasteiger partial charge on any atom is 0.156 e. The Bertz CT molecular complexity index is 709. The summed E-state index contributed by atoms with van der Waals surface area (Å²) < 4.78 is 7.59. The molecule has 4 nitrogen and oxygen atoms in total. The van der Waals surface area contributed by atoms with E-state index in [1.807, 2.05) is 41.8 Å². The first-order valence-electron chi connectivity index (χ1n) is 6.02. The molecule has 0 aliphatic heterocycles. The second kappa shape index (κ2) is 3.91. The summed E-state index contributed by atoms with van der Waals surface area (Å²) in [5.74, 6) is 2.29. The molecular weight excluding hydrogens is 226 g/mol. The first-order chi connectivity index (χ1) is 8.69. The molecule has 2 N–H and O–H groups in total. The van der Waals surface area contributed by atoms with Crippen LogP contribution in [0.5, 0.6) is 0 Å². The van der Waals surface area contributed by atoms with E-state index in [0.717, 1.165) is 29.2 Å². The number of aromatic nitrogens is 2. The minimum absolute atomic E-state index is 0.616. The summed E-state index contributed by atoms with van der Waals surface area (Å²) in [6.07, 6.45) is 2.84. The van der Waals surface area contributed by atoms with Crippen molar-refractivity contribution in [3.8, 4) is 11.5 Å². The largest absolute Gasteiger partial charge is 0.459 e. The van der Waals surface area contributed by atoms with Gasteiger partial charge in [-0.2, -0.15) is 0 Å². The van der Waals surface area contributed by atoms with Crippen LogP contribution in [0.25, 0.3) is 17.1 Å². The third-order valence-corrected chi connectivity index (χ3v) is 3.05. The molecule has 18 heavy (non-hydrogen) atoms. The average Bonchev–Trinajstić information content (AvgIpc) is 2.95. The zero-order valence-electron chi connectivity index (χ0n) is 10.5. The third-order valence-electron chi connectivity index (χ3n) is 3.05. The molecule has 3 rings (SSSR count). The molecule has 92 valence electrons. The van der Waals surface area contributed by atoms with Crippen molar-refractivity contribution in [2.24, 2.45) is 0 Å². The Morgan fingerprint density at radius 2 is 2.11 bits per heavy atom. The minimum atomic E-state index is 0.616. The highest BCUT2D eigenvalue weighted by Gasteiger charge is 2.14. The fourth-order valence-electron chi connectivity index (χ4n) is 2.05. The van der Waals surface area contributed by atoms with Crippen LogP contribution in [0.1, 0.15) is 18.2 Å². The Kier molecular flexibility index (Phi) is 2.37. The monoisotopic (exact) mass is 241 g/mol. The first-order valence-corrected chi connectivity index (χ1v) is 6.02. The third kappa shape index (κ3) is 1.57. The van der Waals surface area contributed by atoms with Gasteiger partial charge in [-0.25, -0.2) is 4.98 Å². The summed E-state index contributed by atoms with van der Waals surface area (Å²) in [4.78, 5) is 4.52. The van der Waals surface area contributed by atoms with Gasteiger partial charge >= 0.3 is 0 Å². The molecular formula is C14H15N3O. The van der Waals surface area contributed by atoms with Crippen LogP contribution in [0.15, 0.2) is 34.9 Å². The highest BCUT2D eigenvalue weighted by atomic mass is 16.3. The topological polar surface area (TPSA) is 56.5 Å². The molecule has 0 aliphatic rings. The summed E-state index contributed by atoms with van der Waals surface area (Å²) in [5.41, 5.74) is 8.82. The lowest BCUT2D eigenvalue weighted by atomic mass is 10.3. The normalized spacial score (nSPS) is 11.2. The molecule has 0 bridgehead atoms. The van der Waals surface area contributed by atoms with E-state index in [4.69, 9.17) is 10.2 Å². The van der Waals surface area contributed by atoms with Crippen LogP contribution < -0.4 is 5.73 Å². The number of imidazole rings is 1. The summed E-state index contributed by atoms with van der Waals surface area (Å²) in [6.45, 7) is 4.08. The van der Waals surface area contributed by atoms with E-state index in [1.54, 1.807) is 0 Å². The number of anilines is 1. The van der Waals surface area contributed by atoms with Crippen LogP contribution in [-0.4, -0.2) is 9.38 Å². The van der Waals surface area contributed by atoms with Crippen LogP contribution in [0.4, 0.5) is 5.82 Å². The number of nitrogens with two attached hydrogens (primary N) is 1. The molecule has 0 saturated carbocycles. The standard InChI is InChI=1S/C14H15N3O/c1-3-10-5-6-11(18-10)13-14(15)17-8-9(2)4-7-12(17)16-13/h4-8H,3,15H2,1-2H3. The molecule has 0 amide bonds. The van der Waals surface area contributed by atoms with Crippen molar-refractivity contribution in [2.45, 2.75) is 20.3 Å². The highest BCUT2D eigenvalue weighted by molar-refractivity contribution is 5.71. The van der Waals surface area contributed by atoms with E-state index < -0.39 is 0 Å². The van der Waals surface area contributed by atoms with E-state index in [-0.39, 0.29) is 0 Å². The molecule has 0 aromatic carbocycles. The summed E-state index contributed by atoms with van der Waals surface area (Å²) in [7, 11) is 0. The van der Waals surface area contributed by atoms with E-state index in [2.05, 4.69) is 11.9 Å². The van der Waals surface area contributed by atoms with Gasteiger partial charge < -0.3 is 10.2 Å². The molecule has 0 radical (unpaired) electrons. The fourth-order valence-corrected chi connectivity index (χ4v) is 2.05. The molecule has 4 heteroatoms. The predicted octanol–water partition coefficient (Wildman–Crippen LogP) is 3.05. The van der Waals surface area contributed by atoms with Crippen LogP contribution in [0.3, 0.4) is 0 Å². The van der Waals surface area contributed by atoms with Crippen LogP contribution >= 0.6 is 0 Å². The Hall–Kier alpha value is -2.23. The Labute approximate surface area is 105 Å². The van der Waals surface area contributed by atoms with E-state index in [1.165, 1.54) is 0 Å². The van der Waals surface area contributed by atoms with Crippen molar-refractivity contribution < 1.29 is 4.42 Å². The SMILES string of the molecule is CCc1ccc(-c2nc3ccc(C)cn3c2N)o1. The van der Waals surface area contributed by atoms with E-state index >= 15 is 0 Å². The maximum atomic E-state index is 6.13. The van der Waals surface area contributed by atoms with Gasteiger partial charge in [0.15, 0.2) is 5.76 Å². The number of rotatable bonds is 2. The summed E-state index contributed by atoms with van der Waals surface area (Å²) in [6, 6.07) is 7.86. The Morgan fingerprint density at radius 1 is 1.28 bits per heavy atom. The van der Waals surface area contributed by atoms with Crippen molar-refractivity contribution in [3.63, 3.8) is 0 Å². The molecule has 0 aliphatic carbocycles. The van der Waals surface area contributed by atoms with Gasteiger partial charge in [-0.15, -0.1) is 0 Å². The van der Waals surface area contributed by atoms with Crippen molar-refractivity contribution >= 4 is 11.5 Å². The van der Waals surface area contributed by atoms with E-state index in [9.17, 15) is 0 Å². The zero-order valence-corrected chi connectivity index (χ0v) is 10.5. The quantitative estimate of drug-likeness (QED) is 0.750. The number of nitrogen functional groups attached to an aromatic ring is 1. The number of hydrogen-bond donors (Lipinski definition) is 1. The fraction of sp³-hybridized carbons (Fsp3) is 0.214. The van der Waals surface area contributed by atoms with Gasteiger partial charge in [0.2, 0.25) is 0 Å². The molecule has 0 saturated heterocycles. The molecule has 3 aromatic heterocycles. The average molecular weight is 241 g/mol. The smallest absolute Gasteiger partial charge is 0.156 e. The van der Waals surface area contributed by atoms with Gasteiger partial charge in [0.25, 0.3) is 0 Å². The van der Waals surface area contributed by atoms with Crippen molar-refractivity contribution in [1.29, 1.82) is 0 Å². The van der Waals surface area contributed by atoms with Crippen LogP contribution in [0.2, 0.25) is 0 Å². The van der Waals surface area contributed by atoms with Crippen molar-refractivity contribution in [3.05, 3.63) is 41.8 Å². The number of hydrogen-bond acceptors (Lipinski definition) is 3. The number of furan rings is 1. The Morgan fingerprint density at radius 3 is 2.83 bits per heavy atom. The van der Waals surface area contributed by atoms with Crippen molar-refractivity contribution in [2.75, 3.05) is 5.73 Å². The molecule has 3 aromatic rings. The predicted molar refractivity (Wildman–Crippen MR) is 71.4 cm³/mol. The highest BCUT2D eigenvalue weighted by Crippen LogP contribution is 2.28. The van der Waals surface area contributed by atoms with Gasteiger partial charge in [-0.05, 0) is 30.7 Å². The van der Waals surface area contributed by atoms with Gasteiger partial charge in [-0.3, -0.25) is 4.40 Å².